The van der Waals surface area contributed by atoms with E-state index in [1.54, 1.807) is 13.0 Å². The molecule has 0 saturated carbocycles. The summed E-state index contributed by atoms with van der Waals surface area (Å²) in [6.07, 6.45) is 3.08. The van der Waals surface area contributed by atoms with Gasteiger partial charge in [0.15, 0.2) is 6.10 Å². The average Bonchev–Trinajstić information content (AvgIpc) is 2.77. The van der Waals surface area contributed by atoms with Gasteiger partial charge in [0, 0.05) is 12.6 Å². The van der Waals surface area contributed by atoms with Crippen LogP contribution >= 0.6 is 0 Å². The Morgan fingerprint density at radius 2 is 2.47 bits per heavy atom. The predicted octanol–water partition coefficient (Wildman–Crippen LogP) is 1.70. The molecule has 1 amide bonds. The minimum Gasteiger partial charge on any atom is -0.481 e. The Morgan fingerprint density at radius 3 is 3.21 bits per heavy atom. The molecule has 0 spiro atoms. The van der Waals surface area contributed by atoms with Crippen molar-refractivity contribution >= 4 is 5.91 Å². The van der Waals surface area contributed by atoms with E-state index >= 15 is 0 Å². The van der Waals surface area contributed by atoms with Gasteiger partial charge in [-0.05, 0) is 43.0 Å². The molecule has 0 aliphatic heterocycles. The smallest absolute Gasteiger partial charge is 0.261 e. The van der Waals surface area contributed by atoms with E-state index in [4.69, 9.17) is 10.5 Å². The van der Waals surface area contributed by atoms with Crippen molar-refractivity contribution in [3.05, 3.63) is 42.0 Å². The van der Waals surface area contributed by atoms with Crippen molar-refractivity contribution < 1.29 is 9.53 Å². The number of aryl methyl sites for hydroxylation is 1. The quantitative estimate of drug-likeness (QED) is 0.792. The molecule has 1 aromatic carbocycles. The Kier molecular flexibility index (Phi) is 4.22. The summed E-state index contributed by atoms with van der Waals surface area (Å²) in [5.41, 5.74) is 8.40. The SMILES string of the molecule is C=CCNC(=O)C(C)Oc1ccc2c(c1)CCC2N. The van der Waals surface area contributed by atoms with Crippen LogP contribution in [0, 0.1) is 0 Å². The first-order valence-electron chi connectivity index (χ1n) is 6.55. The molecule has 102 valence electrons. The van der Waals surface area contributed by atoms with Crippen molar-refractivity contribution in [3.8, 4) is 5.75 Å². The molecule has 1 aliphatic rings. The van der Waals surface area contributed by atoms with Gasteiger partial charge in [-0.3, -0.25) is 4.79 Å². The molecule has 0 fully saturated rings. The fourth-order valence-electron chi connectivity index (χ4n) is 2.27. The summed E-state index contributed by atoms with van der Waals surface area (Å²) in [5.74, 6) is 0.575. The van der Waals surface area contributed by atoms with E-state index in [1.165, 1.54) is 11.1 Å². The first kappa shape index (κ1) is 13.6. The molecule has 0 bridgehead atoms. The topological polar surface area (TPSA) is 64.3 Å². The first-order valence-corrected chi connectivity index (χ1v) is 6.55. The van der Waals surface area contributed by atoms with Gasteiger partial charge in [-0.25, -0.2) is 0 Å². The van der Waals surface area contributed by atoms with Gasteiger partial charge >= 0.3 is 0 Å². The van der Waals surface area contributed by atoms with Crippen molar-refractivity contribution in [2.24, 2.45) is 5.73 Å². The van der Waals surface area contributed by atoms with Gasteiger partial charge in [0.1, 0.15) is 5.75 Å². The number of carbonyl (C=O) groups is 1. The number of rotatable bonds is 5. The zero-order valence-electron chi connectivity index (χ0n) is 11.2. The van der Waals surface area contributed by atoms with Crippen molar-refractivity contribution in [3.63, 3.8) is 0 Å². The van der Waals surface area contributed by atoms with Gasteiger partial charge < -0.3 is 15.8 Å². The highest BCUT2D eigenvalue weighted by molar-refractivity contribution is 5.80. The molecule has 4 heteroatoms. The Balaban J connectivity index is 2.00. The second-order valence-corrected chi connectivity index (χ2v) is 4.80. The largest absolute Gasteiger partial charge is 0.481 e. The van der Waals surface area contributed by atoms with Crippen LogP contribution in [0.5, 0.6) is 5.75 Å². The number of nitrogens with one attached hydrogen (secondary N) is 1. The third-order valence-corrected chi connectivity index (χ3v) is 3.34. The van der Waals surface area contributed by atoms with Gasteiger partial charge in [0.05, 0.1) is 0 Å². The Hall–Kier alpha value is -1.81. The van der Waals surface area contributed by atoms with Crippen molar-refractivity contribution in [1.82, 2.24) is 5.32 Å². The van der Waals surface area contributed by atoms with Crippen LogP contribution in [0.4, 0.5) is 0 Å². The maximum atomic E-state index is 11.7. The van der Waals surface area contributed by atoms with Crippen LogP contribution in [0.1, 0.15) is 30.5 Å². The van der Waals surface area contributed by atoms with Gasteiger partial charge in [0.2, 0.25) is 0 Å². The van der Waals surface area contributed by atoms with Crippen LogP contribution in [0.3, 0.4) is 0 Å². The lowest BCUT2D eigenvalue weighted by Crippen LogP contribution is -2.36. The first-order chi connectivity index (χ1) is 9.11. The molecule has 1 aromatic rings. The number of fused-ring (bicyclic) bond motifs is 1. The number of carbonyl (C=O) groups excluding carboxylic acids is 1. The number of hydrogen-bond donors (Lipinski definition) is 2. The Bertz CT molecular complexity index is 485. The van der Waals surface area contributed by atoms with Gasteiger partial charge in [-0.2, -0.15) is 0 Å². The summed E-state index contributed by atoms with van der Waals surface area (Å²) in [4.78, 5) is 11.7. The Morgan fingerprint density at radius 1 is 1.68 bits per heavy atom. The lowest BCUT2D eigenvalue weighted by atomic mass is 10.1. The number of benzene rings is 1. The molecule has 0 radical (unpaired) electrons. The molecule has 2 unspecified atom stereocenters. The standard InChI is InChI=1S/C15H20N2O2/c1-3-8-17-15(18)10(2)19-12-5-6-13-11(9-12)4-7-14(13)16/h3,5-6,9-10,14H,1,4,7-8,16H2,2H3,(H,17,18). The van der Waals surface area contributed by atoms with Gasteiger partial charge in [-0.1, -0.05) is 12.1 Å². The molecule has 0 aromatic heterocycles. The maximum Gasteiger partial charge on any atom is 0.261 e. The number of amides is 1. The van der Waals surface area contributed by atoms with E-state index in [0.717, 1.165) is 12.8 Å². The van der Waals surface area contributed by atoms with Crippen LogP contribution in [0.25, 0.3) is 0 Å². The lowest BCUT2D eigenvalue weighted by molar-refractivity contribution is -0.127. The fourth-order valence-corrected chi connectivity index (χ4v) is 2.27. The molecular weight excluding hydrogens is 240 g/mol. The third kappa shape index (κ3) is 3.15. The maximum absolute atomic E-state index is 11.7. The monoisotopic (exact) mass is 260 g/mol. The second kappa shape index (κ2) is 5.89. The molecule has 1 aliphatic carbocycles. The molecule has 19 heavy (non-hydrogen) atoms. The summed E-state index contributed by atoms with van der Waals surface area (Å²) >= 11 is 0. The van der Waals surface area contributed by atoms with Crippen LogP contribution in [-0.2, 0) is 11.2 Å². The van der Waals surface area contributed by atoms with Crippen LogP contribution in [0.2, 0.25) is 0 Å². The second-order valence-electron chi connectivity index (χ2n) is 4.80. The molecule has 2 rings (SSSR count). The molecule has 2 atom stereocenters. The highest BCUT2D eigenvalue weighted by Crippen LogP contribution is 2.32. The number of nitrogens with two attached hydrogens (primary N) is 1. The normalized spacial score (nSPS) is 18.5. The lowest BCUT2D eigenvalue weighted by Gasteiger charge is -2.15. The minimum atomic E-state index is -0.520. The average molecular weight is 260 g/mol. The summed E-state index contributed by atoms with van der Waals surface area (Å²) in [6, 6.07) is 6.00. The van der Waals surface area contributed by atoms with E-state index in [-0.39, 0.29) is 11.9 Å². The van der Waals surface area contributed by atoms with Crippen molar-refractivity contribution in [2.45, 2.75) is 31.9 Å². The zero-order valence-corrected chi connectivity index (χ0v) is 11.2. The molecule has 4 nitrogen and oxygen atoms in total. The van der Waals surface area contributed by atoms with Crippen LogP contribution < -0.4 is 15.8 Å². The van der Waals surface area contributed by atoms with Crippen molar-refractivity contribution in [1.29, 1.82) is 0 Å². The molecule has 0 heterocycles. The molecule has 3 N–H and O–H groups in total. The van der Waals surface area contributed by atoms with E-state index < -0.39 is 6.10 Å². The van der Waals surface area contributed by atoms with Crippen LogP contribution in [-0.4, -0.2) is 18.6 Å². The summed E-state index contributed by atoms with van der Waals surface area (Å²) in [7, 11) is 0. The summed E-state index contributed by atoms with van der Waals surface area (Å²) in [5, 5.41) is 2.71. The predicted molar refractivity (Wildman–Crippen MR) is 75.0 cm³/mol. The van der Waals surface area contributed by atoms with E-state index in [9.17, 15) is 4.79 Å². The molecule has 0 saturated heterocycles. The van der Waals surface area contributed by atoms with E-state index in [2.05, 4.69) is 11.9 Å². The Labute approximate surface area is 113 Å². The van der Waals surface area contributed by atoms with Crippen LogP contribution in [0.15, 0.2) is 30.9 Å². The number of ether oxygens (including phenoxy) is 1. The van der Waals surface area contributed by atoms with Gasteiger partial charge in [0.25, 0.3) is 5.91 Å². The minimum absolute atomic E-state index is 0.136. The highest BCUT2D eigenvalue weighted by Gasteiger charge is 2.20. The third-order valence-electron chi connectivity index (χ3n) is 3.34. The van der Waals surface area contributed by atoms with Gasteiger partial charge in [-0.15, -0.1) is 6.58 Å². The van der Waals surface area contributed by atoms with E-state index in [0.29, 0.717) is 12.3 Å². The van der Waals surface area contributed by atoms with Crippen molar-refractivity contribution in [2.75, 3.05) is 6.54 Å². The van der Waals surface area contributed by atoms with E-state index in [1.807, 2.05) is 18.2 Å². The number of hydrogen-bond acceptors (Lipinski definition) is 3. The molecular formula is C15H20N2O2. The zero-order chi connectivity index (χ0) is 13.8. The summed E-state index contributed by atoms with van der Waals surface area (Å²) in [6.45, 7) is 5.74. The summed E-state index contributed by atoms with van der Waals surface area (Å²) < 4.78 is 5.65. The highest BCUT2D eigenvalue weighted by atomic mass is 16.5. The fraction of sp³-hybridized carbons (Fsp3) is 0.400.